The van der Waals surface area contributed by atoms with Gasteiger partial charge >= 0.3 is 0 Å². The number of anilines is 1. The molecule has 0 amide bonds. The van der Waals surface area contributed by atoms with E-state index in [2.05, 4.69) is 27.1 Å². The third kappa shape index (κ3) is 3.05. The highest BCUT2D eigenvalue weighted by molar-refractivity contribution is 5.85. The number of H-pyrrole nitrogens is 1. The zero-order valence-corrected chi connectivity index (χ0v) is 12.1. The van der Waals surface area contributed by atoms with Gasteiger partial charge in [0.25, 0.3) is 5.56 Å². The zero-order valence-electron chi connectivity index (χ0n) is 11.3. The maximum Gasteiger partial charge on any atom is 0.280 e. The van der Waals surface area contributed by atoms with Crippen molar-refractivity contribution in [3.05, 3.63) is 52.6 Å². The fourth-order valence-corrected chi connectivity index (χ4v) is 2.24. The highest BCUT2D eigenvalue weighted by atomic mass is 35.5. The molecule has 0 aliphatic heterocycles. The topological polar surface area (TPSA) is 89.6 Å². The van der Waals surface area contributed by atoms with Crippen molar-refractivity contribution in [2.75, 3.05) is 5.73 Å². The lowest BCUT2D eigenvalue weighted by atomic mass is 10.1. The van der Waals surface area contributed by atoms with Gasteiger partial charge in [-0.25, -0.2) is 4.98 Å². The first-order valence-corrected chi connectivity index (χ1v) is 6.49. The van der Waals surface area contributed by atoms with E-state index in [1.807, 2.05) is 18.2 Å². The maximum atomic E-state index is 12.2. The summed E-state index contributed by atoms with van der Waals surface area (Å²) in [5.41, 5.74) is 7.67. The number of rotatable bonds is 4. The Bertz CT molecular complexity index is 781. The number of halogens is 1. The van der Waals surface area contributed by atoms with E-state index >= 15 is 0 Å². The Morgan fingerprint density at radius 1 is 1.24 bits per heavy atom. The van der Waals surface area contributed by atoms with Gasteiger partial charge in [0.2, 0.25) is 5.95 Å². The fourth-order valence-electron chi connectivity index (χ4n) is 2.24. The second-order valence-electron chi connectivity index (χ2n) is 4.62. The van der Waals surface area contributed by atoms with Crippen LogP contribution in [0.25, 0.3) is 11.2 Å². The second-order valence-corrected chi connectivity index (χ2v) is 4.62. The van der Waals surface area contributed by atoms with E-state index in [0.717, 1.165) is 12.8 Å². The maximum absolute atomic E-state index is 12.2. The lowest BCUT2D eigenvalue weighted by Gasteiger charge is -2.08. The number of hydrogen-bond acceptors (Lipinski definition) is 4. The first-order chi connectivity index (χ1) is 9.75. The molecule has 0 aliphatic rings. The predicted octanol–water partition coefficient (Wildman–Crippen LogP) is 1.76. The Kier molecular flexibility index (Phi) is 4.59. The fraction of sp³-hybridized carbons (Fsp3) is 0.214. The molecule has 1 aromatic carbocycles. The highest BCUT2D eigenvalue weighted by Gasteiger charge is 2.10. The van der Waals surface area contributed by atoms with Crippen LogP contribution in [0.2, 0.25) is 0 Å². The smallest absolute Gasteiger partial charge is 0.280 e. The minimum absolute atomic E-state index is 0. The standard InChI is InChI=1S/C14H15N5O.ClH/c15-14-18-12-11(16-9-17-12)13(20)19(14)8-4-7-10-5-2-1-3-6-10;/h1-3,5-6,9H,4,7-8H2,(H2,15,18)(H,16,17);1H. The first-order valence-electron chi connectivity index (χ1n) is 6.49. The number of nitrogen functional groups attached to an aromatic ring is 1. The Balaban J connectivity index is 0.00000161. The molecule has 0 saturated carbocycles. The quantitative estimate of drug-likeness (QED) is 0.768. The summed E-state index contributed by atoms with van der Waals surface area (Å²) in [6, 6.07) is 10.1. The third-order valence-corrected chi connectivity index (χ3v) is 3.27. The van der Waals surface area contributed by atoms with Gasteiger partial charge in [-0.05, 0) is 18.4 Å². The van der Waals surface area contributed by atoms with Crippen molar-refractivity contribution in [1.29, 1.82) is 0 Å². The molecule has 110 valence electrons. The number of imidazole rings is 1. The Morgan fingerprint density at radius 3 is 2.76 bits per heavy atom. The summed E-state index contributed by atoms with van der Waals surface area (Å²) in [5, 5.41) is 0. The molecule has 0 atom stereocenters. The van der Waals surface area contributed by atoms with E-state index in [9.17, 15) is 4.79 Å². The zero-order chi connectivity index (χ0) is 13.9. The van der Waals surface area contributed by atoms with Crippen molar-refractivity contribution in [3.63, 3.8) is 0 Å². The van der Waals surface area contributed by atoms with Crippen LogP contribution in [0, 0.1) is 0 Å². The van der Waals surface area contributed by atoms with Gasteiger partial charge in [0, 0.05) is 6.54 Å². The van der Waals surface area contributed by atoms with Crippen LogP contribution in [0.3, 0.4) is 0 Å². The third-order valence-electron chi connectivity index (χ3n) is 3.27. The summed E-state index contributed by atoms with van der Waals surface area (Å²) in [6.45, 7) is 0.543. The number of nitrogens with zero attached hydrogens (tertiary/aromatic N) is 3. The number of aromatic nitrogens is 4. The molecule has 3 aromatic rings. The number of fused-ring (bicyclic) bond motifs is 1. The number of aromatic amines is 1. The number of aryl methyl sites for hydroxylation is 1. The number of nitrogens with two attached hydrogens (primary N) is 1. The van der Waals surface area contributed by atoms with Gasteiger partial charge < -0.3 is 10.7 Å². The molecule has 0 fully saturated rings. The van der Waals surface area contributed by atoms with Crippen molar-refractivity contribution in [2.45, 2.75) is 19.4 Å². The van der Waals surface area contributed by atoms with Gasteiger partial charge in [-0.1, -0.05) is 30.3 Å². The molecule has 0 radical (unpaired) electrons. The number of benzene rings is 1. The summed E-state index contributed by atoms with van der Waals surface area (Å²) in [5.74, 6) is 0.211. The van der Waals surface area contributed by atoms with E-state index in [0.29, 0.717) is 17.7 Å². The molecule has 2 aromatic heterocycles. The van der Waals surface area contributed by atoms with Crippen LogP contribution in [0.1, 0.15) is 12.0 Å². The normalized spacial score (nSPS) is 10.5. The highest BCUT2D eigenvalue weighted by Crippen LogP contribution is 2.07. The van der Waals surface area contributed by atoms with Crippen molar-refractivity contribution in [1.82, 2.24) is 19.5 Å². The lowest BCUT2D eigenvalue weighted by molar-refractivity contribution is 0.626. The van der Waals surface area contributed by atoms with Crippen LogP contribution in [-0.4, -0.2) is 19.5 Å². The minimum atomic E-state index is -0.168. The van der Waals surface area contributed by atoms with Crippen molar-refractivity contribution in [2.24, 2.45) is 0 Å². The second kappa shape index (κ2) is 6.41. The average Bonchev–Trinajstić information content (AvgIpc) is 2.92. The van der Waals surface area contributed by atoms with Crippen LogP contribution in [0.15, 0.2) is 41.5 Å². The van der Waals surface area contributed by atoms with Crippen molar-refractivity contribution < 1.29 is 0 Å². The molecule has 3 N–H and O–H groups in total. The molecule has 6 nitrogen and oxygen atoms in total. The lowest BCUT2D eigenvalue weighted by Crippen LogP contribution is -2.25. The Hall–Kier alpha value is -2.34. The molecule has 21 heavy (non-hydrogen) atoms. The molecule has 0 saturated heterocycles. The van der Waals surface area contributed by atoms with Crippen LogP contribution in [-0.2, 0) is 13.0 Å². The molecule has 0 unspecified atom stereocenters. The summed E-state index contributed by atoms with van der Waals surface area (Å²) < 4.78 is 1.49. The van der Waals surface area contributed by atoms with Crippen LogP contribution in [0.4, 0.5) is 5.95 Å². The largest absolute Gasteiger partial charge is 0.369 e. The van der Waals surface area contributed by atoms with Gasteiger partial charge in [-0.3, -0.25) is 9.36 Å². The van der Waals surface area contributed by atoms with Gasteiger partial charge in [0.05, 0.1) is 6.33 Å². The van der Waals surface area contributed by atoms with Gasteiger partial charge in [-0.15, -0.1) is 12.4 Å². The van der Waals surface area contributed by atoms with Crippen LogP contribution in [0.5, 0.6) is 0 Å². The SMILES string of the molecule is Cl.Nc1nc2nc[nH]c2c(=O)n1CCCc1ccccc1. The van der Waals surface area contributed by atoms with E-state index in [4.69, 9.17) is 5.73 Å². The molecule has 0 spiro atoms. The van der Waals surface area contributed by atoms with Crippen LogP contribution < -0.4 is 11.3 Å². The van der Waals surface area contributed by atoms with Gasteiger partial charge in [0.1, 0.15) is 0 Å². The molecular formula is C14H16ClN5O. The first kappa shape index (κ1) is 15.1. The monoisotopic (exact) mass is 305 g/mol. The molecule has 3 rings (SSSR count). The van der Waals surface area contributed by atoms with Gasteiger partial charge in [0.15, 0.2) is 11.2 Å². The van der Waals surface area contributed by atoms with Gasteiger partial charge in [-0.2, -0.15) is 4.98 Å². The van der Waals surface area contributed by atoms with Crippen molar-refractivity contribution >= 4 is 29.5 Å². The Labute approximate surface area is 127 Å². The molecule has 2 heterocycles. The Morgan fingerprint density at radius 2 is 2.00 bits per heavy atom. The summed E-state index contributed by atoms with van der Waals surface area (Å²) >= 11 is 0. The number of nitrogens with one attached hydrogen (secondary N) is 1. The molecule has 7 heteroatoms. The summed E-state index contributed by atoms with van der Waals surface area (Å²) in [4.78, 5) is 23.1. The van der Waals surface area contributed by atoms with E-state index in [1.165, 1.54) is 16.5 Å². The van der Waals surface area contributed by atoms with Crippen LogP contribution >= 0.6 is 12.4 Å². The average molecular weight is 306 g/mol. The van der Waals surface area contributed by atoms with E-state index in [-0.39, 0.29) is 23.9 Å². The molecular weight excluding hydrogens is 290 g/mol. The summed E-state index contributed by atoms with van der Waals surface area (Å²) in [6.07, 6.45) is 3.18. The number of hydrogen-bond donors (Lipinski definition) is 2. The van der Waals surface area contributed by atoms with E-state index < -0.39 is 0 Å². The van der Waals surface area contributed by atoms with Crippen molar-refractivity contribution in [3.8, 4) is 0 Å². The summed E-state index contributed by atoms with van der Waals surface area (Å²) in [7, 11) is 0. The molecule has 0 aliphatic carbocycles. The minimum Gasteiger partial charge on any atom is -0.369 e. The molecule has 0 bridgehead atoms. The predicted molar refractivity (Wildman–Crippen MR) is 84.6 cm³/mol. The van der Waals surface area contributed by atoms with E-state index in [1.54, 1.807) is 0 Å².